The summed E-state index contributed by atoms with van der Waals surface area (Å²) in [4.78, 5) is 0. The van der Waals surface area contributed by atoms with Crippen LogP contribution in [-0.2, 0) is 4.74 Å². The highest BCUT2D eigenvalue weighted by Crippen LogP contribution is 2.35. The van der Waals surface area contributed by atoms with E-state index >= 15 is 0 Å². The molecule has 1 unspecified atom stereocenters. The zero-order valence-electron chi connectivity index (χ0n) is 10.8. The molecule has 0 spiro atoms. The normalized spacial score (nSPS) is 14.6. The van der Waals surface area contributed by atoms with Crippen LogP contribution in [0.15, 0.2) is 18.2 Å². The Morgan fingerprint density at radius 1 is 1.28 bits per heavy atom. The molecule has 1 aliphatic heterocycles. The van der Waals surface area contributed by atoms with E-state index in [1.807, 2.05) is 18.2 Å². The summed E-state index contributed by atoms with van der Waals surface area (Å²) in [5.74, 6) is 2.28. The molecular weight excluding hydrogens is 234 g/mol. The maximum Gasteiger partial charge on any atom is 0.231 e. The summed E-state index contributed by atoms with van der Waals surface area (Å²) in [7, 11) is 1.69. The minimum atomic E-state index is 0.186. The fourth-order valence-corrected chi connectivity index (χ4v) is 1.82. The summed E-state index contributed by atoms with van der Waals surface area (Å²) in [6.07, 6.45) is 0. The molecule has 0 saturated carbocycles. The number of hydrogen-bond acceptors (Lipinski definition) is 5. The first-order valence-electron chi connectivity index (χ1n) is 6.08. The number of methoxy groups -OCH3 is 1. The van der Waals surface area contributed by atoms with E-state index in [9.17, 15) is 0 Å². The van der Waals surface area contributed by atoms with Gasteiger partial charge in [-0.3, -0.25) is 0 Å². The third-order valence-corrected chi connectivity index (χ3v) is 2.66. The lowest BCUT2D eigenvalue weighted by Gasteiger charge is -2.17. The lowest BCUT2D eigenvalue weighted by molar-refractivity contribution is 0.137. The molecule has 1 aromatic carbocycles. The van der Waals surface area contributed by atoms with E-state index in [4.69, 9.17) is 18.9 Å². The Balaban J connectivity index is 1.88. The molecule has 1 aromatic rings. The first kappa shape index (κ1) is 13.0. The number of rotatable bonds is 7. The second-order valence-corrected chi connectivity index (χ2v) is 4.04. The molecule has 0 radical (unpaired) electrons. The van der Waals surface area contributed by atoms with Gasteiger partial charge < -0.3 is 24.3 Å². The van der Waals surface area contributed by atoms with Gasteiger partial charge in [-0.05, 0) is 18.7 Å². The molecule has 0 fully saturated rings. The van der Waals surface area contributed by atoms with Gasteiger partial charge in [-0.1, -0.05) is 6.92 Å². The highest BCUT2D eigenvalue weighted by atomic mass is 16.7. The Morgan fingerprint density at radius 2 is 2.11 bits per heavy atom. The molecule has 1 N–H and O–H groups in total. The fourth-order valence-electron chi connectivity index (χ4n) is 1.82. The Kier molecular flexibility index (Phi) is 4.66. The highest BCUT2D eigenvalue weighted by Gasteiger charge is 2.14. The van der Waals surface area contributed by atoms with E-state index in [1.54, 1.807) is 7.11 Å². The lowest BCUT2D eigenvalue weighted by atomic mass is 10.3. The molecule has 5 heteroatoms. The van der Waals surface area contributed by atoms with Crippen molar-refractivity contribution in [3.05, 3.63) is 18.2 Å². The Hall–Kier alpha value is -1.46. The minimum Gasteiger partial charge on any atom is -0.492 e. The highest BCUT2D eigenvalue weighted by molar-refractivity contribution is 5.46. The quantitative estimate of drug-likeness (QED) is 0.796. The summed E-state index contributed by atoms with van der Waals surface area (Å²) < 4.78 is 21.4. The van der Waals surface area contributed by atoms with Crippen LogP contribution in [0.1, 0.15) is 6.92 Å². The Labute approximate surface area is 107 Å². The summed E-state index contributed by atoms with van der Waals surface area (Å²) in [6, 6.07) is 5.77. The van der Waals surface area contributed by atoms with Crippen LogP contribution >= 0.6 is 0 Å². The molecule has 100 valence electrons. The smallest absolute Gasteiger partial charge is 0.231 e. The van der Waals surface area contributed by atoms with Crippen molar-refractivity contribution in [3.8, 4) is 17.2 Å². The molecular formula is C13H19NO4. The summed E-state index contributed by atoms with van der Waals surface area (Å²) in [6.45, 7) is 4.41. The molecule has 5 nitrogen and oxygen atoms in total. The van der Waals surface area contributed by atoms with Gasteiger partial charge >= 0.3 is 0 Å². The zero-order valence-corrected chi connectivity index (χ0v) is 10.8. The van der Waals surface area contributed by atoms with Crippen LogP contribution in [0.5, 0.6) is 17.2 Å². The molecule has 1 aliphatic rings. The largest absolute Gasteiger partial charge is 0.492 e. The van der Waals surface area contributed by atoms with Crippen molar-refractivity contribution in [1.29, 1.82) is 0 Å². The first-order chi connectivity index (χ1) is 8.83. The average molecular weight is 253 g/mol. The van der Waals surface area contributed by atoms with Crippen molar-refractivity contribution in [1.82, 2.24) is 5.32 Å². The second-order valence-electron chi connectivity index (χ2n) is 4.04. The molecule has 0 amide bonds. The SMILES string of the molecule is CCNC(COC)COc1ccc2c(c1)OCO2. The van der Waals surface area contributed by atoms with Crippen molar-refractivity contribution >= 4 is 0 Å². The molecule has 1 atom stereocenters. The first-order valence-corrected chi connectivity index (χ1v) is 6.08. The minimum absolute atomic E-state index is 0.186. The Bertz CT molecular complexity index is 377. The number of hydrogen-bond donors (Lipinski definition) is 1. The van der Waals surface area contributed by atoms with Gasteiger partial charge in [-0.15, -0.1) is 0 Å². The van der Waals surface area contributed by atoms with E-state index in [-0.39, 0.29) is 12.8 Å². The molecule has 2 rings (SSSR count). The van der Waals surface area contributed by atoms with Crippen LogP contribution in [0.25, 0.3) is 0 Å². The third-order valence-electron chi connectivity index (χ3n) is 2.66. The lowest BCUT2D eigenvalue weighted by Crippen LogP contribution is -2.38. The number of ether oxygens (including phenoxy) is 4. The number of fused-ring (bicyclic) bond motifs is 1. The van der Waals surface area contributed by atoms with Crippen molar-refractivity contribution in [2.45, 2.75) is 13.0 Å². The molecule has 18 heavy (non-hydrogen) atoms. The molecule has 0 aliphatic carbocycles. The number of nitrogens with one attached hydrogen (secondary N) is 1. The van der Waals surface area contributed by atoms with Crippen molar-refractivity contribution in [2.75, 3.05) is 33.7 Å². The monoisotopic (exact) mass is 253 g/mol. The van der Waals surface area contributed by atoms with E-state index in [0.29, 0.717) is 13.2 Å². The number of likely N-dealkylation sites (N-methyl/N-ethyl adjacent to an activating group) is 1. The van der Waals surface area contributed by atoms with Gasteiger partial charge in [0, 0.05) is 13.2 Å². The Morgan fingerprint density at radius 3 is 2.89 bits per heavy atom. The van der Waals surface area contributed by atoms with E-state index in [2.05, 4.69) is 12.2 Å². The number of benzene rings is 1. The van der Waals surface area contributed by atoms with E-state index < -0.39 is 0 Å². The summed E-state index contributed by atoms with van der Waals surface area (Å²) in [5.41, 5.74) is 0. The van der Waals surface area contributed by atoms with Gasteiger partial charge in [-0.2, -0.15) is 0 Å². The third kappa shape index (κ3) is 3.27. The van der Waals surface area contributed by atoms with Gasteiger partial charge in [0.2, 0.25) is 6.79 Å². The molecule has 1 heterocycles. The predicted molar refractivity (Wildman–Crippen MR) is 67.4 cm³/mol. The van der Waals surface area contributed by atoms with Gasteiger partial charge in [0.1, 0.15) is 12.4 Å². The standard InChI is InChI=1S/C13H19NO4/c1-3-14-10(7-15-2)8-16-11-4-5-12-13(6-11)18-9-17-12/h4-6,10,14H,3,7-9H2,1-2H3. The van der Waals surface area contributed by atoms with Crippen molar-refractivity contribution in [3.63, 3.8) is 0 Å². The van der Waals surface area contributed by atoms with E-state index in [0.717, 1.165) is 23.8 Å². The van der Waals surface area contributed by atoms with Crippen LogP contribution in [-0.4, -0.2) is 39.7 Å². The molecule has 0 saturated heterocycles. The van der Waals surface area contributed by atoms with E-state index in [1.165, 1.54) is 0 Å². The van der Waals surface area contributed by atoms with Gasteiger partial charge in [0.05, 0.1) is 12.6 Å². The summed E-state index contributed by atoms with van der Waals surface area (Å²) >= 11 is 0. The van der Waals surface area contributed by atoms with Crippen LogP contribution < -0.4 is 19.5 Å². The van der Waals surface area contributed by atoms with Crippen LogP contribution in [0, 0.1) is 0 Å². The van der Waals surface area contributed by atoms with Crippen LogP contribution in [0.2, 0.25) is 0 Å². The topological polar surface area (TPSA) is 49.0 Å². The zero-order chi connectivity index (χ0) is 12.8. The maximum absolute atomic E-state index is 5.72. The fraction of sp³-hybridized carbons (Fsp3) is 0.538. The van der Waals surface area contributed by atoms with Crippen molar-refractivity contribution < 1.29 is 18.9 Å². The van der Waals surface area contributed by atoms with Crippen molar-refractivity contribution in [2.24, 2.45) is 0 Å². The maximum atomic E-state index is 5.72. The van der Waals surface area contributed by atoms with Crippen LogP contribution in [0.3, 0.4) is 0 Å². The van der Waals surface area contributed by atoms with Gasteiger partial charge in [0.25, 0.3) is 0 Å². The summed E-state index contributed by atoms with van der Waals surface area (Å²) in [5, 5.41) is 3.30. The van der Waals surface area contributed by atoms with Crippen LogP contribution in [0.4, 0.5) is 0 Å². The molecule has 0 aromatic heterocycles. The molecule has 0 bridgehead atoms. The van der Waals surface area contributed by atoms with Gasteiger partial charge in [-0.25, -0.2) is 0 Å². The second kappa shape index (κ2) is 6.47. The average Bonchev–Trinajstić information content (AvgIpc) is 2.84. The predicted octanol–water partition coefficient (Wildman–Crippen LogP) is 1.42. The van der Waals surface area contributed by atoms with Gasteiger partial charge in [0.15, 0.2) is 11.5 Å².